The maximum absolute atomic E-state index is 12.3. The number of nitrogens with two attached hydrogens (primary N) is 1. The third kappa shape index (κ3) is 3.44. The number of aromatic nitrogens is 1. The van der Waals surface area contributed by atoms with Crippen molar-refractivity contribution in [2.45, 2.75) is 6.04 Å². The second kappa shape index (κ2) is 7.26. The zero-order valence-corrected chi connectivity index (χ0v) is 12.5. The average Bonchev–Trinajstić information content (AvgIpc) is 2.94. The fourth-order valence-corrected chi connectivity index (χ4v) is 1.92. The summed E-state index contributed by atoms with van der Waals surface area (Å²) in [5, 5.41) is 0. The molecule has 0 bridgehead atoms. The van der Waals surface area contributed by atoms with E-state index in [2.05, 4.69) is 4.98 Å². The Balaban J connectivity index is 0.00000110. The van der Waals surface area contributed by atoms with Gasteiger partial charge in [-0.1, -0.05) is 6.07 Å². The summed E-state index contributed by atoms with van der Waals surface area (Å²) >= 11 is 0. The SMILES string of the molecule is Cl.Cl.NC(C(=O)c1ccc2c(c1)OCO2)c1ccccn1. The first kappa shape index (κ1) is 17.2. The van der Waals surface area contributed by atoms with Gasteiger partial charge in [0.25, 0.3) is 0 Å². The minimum atomic E-state index is -0.776. The van der Waals surface area contributed by atoms with Crippen molar-refractivity contribution in [3.63, 3.8) is 0 Å². The van der Waals surface area contributed by atoms with Crippen molar-refractivity contribution in [1.82, 2.24) is 4.98 Å². The molecule has 1 aliphatic heterocycles. The monoisotopic (exact) mass is 328 g/mol. The van der Waals surface area contributed by atoms with Gasteiger partial charge in [-0.25, -0.2) is 0 Å². The molecule has 112 valence electrons. The highest BCUT2D eigenvalue weighted by Crippen LogP contribution is 2.33. The summed E-state index contributed by atoms with van der Waals surface area (Å²) in [6.07, 6.45) is 1.61. The van der Waals surface area contributed by atoms with Crippen molar-refractivity contribution in [3.8, 4) is 11.5 Å². The van der Waals surface area contributed by atoms with Crippen LogP contribution in [0.3, 0.4) is 0 Å². The first-order chi connectivity index (χ1) is 9.25. The van der Waals surface area contributed by atoms with Crippen LogP contribution in [-0.2, 0) is 0 Å². The number of benzene rings is 1. The minimum Gasteiger partial charge on any atom is -0.454 e. The van der Waals surface area contributed by atoms with E-state index in [1.807, 2.05) is 0 Å². The third-order valence-corrected chi connectivity index (χ3v) is 2.95. The summed E-state index contributed by atoms with van der Waals surface area (Å²) < 4.78 is 10.4. The van der Waals surface area contributed by atoms with Gasteiger partial charge < -0.3 is 15.2 Å². The number of hydrogen-bond acceptors (Lipinski definition) is 5. The molecule has 0 spiro atoms. The number of nitrogens with zero attached hydrogens (tertiary/aromatic N) is 1. The molecular formula is C14H14Cl2N2O3. The number of ether oxygens (including phenoxy) is 2. The van der Waals surface area contributed by atoms with E-state index in [4.69, 9.17) is 15.2 Å². The van der Waals surface area contributed by atoms with Crippen molar-refractivity contribution in [1.29, 1.82) is 0 Å². The summed E-state index contributed by atoms with van der Waals surface area (Å²) in [5.41, 5.74) is 6.97. The van der Waals surface area contributed by atoms with Gasteiger partial charge >= 0.3 is 0 Å². The number of halogens is 2. The number of fused-ring (bicyclic) bond motifs is 1. The van der Waals surface area contributed by atoms with Gasteiger partial charge in [0.2, 0.25) is 6.79 Å². The third-order valence-electron chi connectivity index (χ3n) is 2.95. The van der Waals surface area contributed by atoms with Gasteiger partial charge in [0.05, 0.1) is 5.69 Å². The van der Waals surface area contributed by atoms with E-state index in [-0.39, 0.29) is 37.4 Å². The highest BCUT2D eigenvalue weighted by atomic mass is 35.5. The van der Waals surface area contributed by atoms with E-state index in [9.17, 15) is 4.79 Å². The molecule has 0 saturated carbocycles. The largest absolute Gasteiger partial charge is 0.454 e. The lowest BCUT2D eigenvalue weighted by Crippen LogP contribution is -2.22. The molecule has 1 atom stereocenters. The summed E-state index contributed by atoms with van der Waals surface area (Å²) in [7, 11) is 0. The van der Waals surface area contributed by atoms with E-state index in [1.165, 1.54) is 0 Å². The maximum atomic E-state index is 12.3. The van der Waals surface area contributed by atoms with Crippen molar-refractivity contribution >= 4 is 30.6 Å². The van der Waals surface area contributed by atoms with Gasteiger partial charge in [0.15, 0.2) is 17.3 Å². The summed E-state index contributed by atoms with van der Waals surface area (Å²) in [4.78, 5) is 16.4. The van der Waals surface area contributed by atoms with Crippen LogP contribution >= 0.6 is 24.8 Å². The predicted molar refractivity (Wildman–Crippen MR) is 82.6 cm³/mol. The molecule has 2 heterocycles. The van der Waals surface area contributed by atoms with Crippen LogP contribution in [0.5, 0.6) is 11.5 Å². The number of hydrogen-bond donors (Lipinski definition) is 1. The molecule has 0 radical (unpaired) electrons. The van der Waals surface area contributed by atoms with Crippen LogP contribution in [0.1, 0.15) is 22.1 Å². The Labute approximate surface area is 134 Å². The van der Waals surface area contributed by atoms with E-state index >= 15 is 0 Å². The minimum absolute atomic E-state index is 0. The Morgan fingerprint density at radius 1 is 1.14 bits per heavy atom. The lowest BCUT2D eigenvalue weighted by molar-refractivity contribution is 0.0959. The van der Waals surface area contributed by atoms with Gasteiger partial charge in [-0.2, -0.15) is 0 Å². The van der Waals surface area contributed by atoms with Crippen LogP contribution in [0.2, 0.25) is 0 Å². The number of carbonyl (C=O) groups is 1. The van der Waals surface area contributed by atoms with Crippen LogP contribution in [0, 0.1) is 0 Å². The second-order valence-electron chi connectivity index (χ2n) is 4.16. The first-order valence-electron chi connectivity index (χ1n) is 5.86. The summed E-state index contributed by atoms with van der Waals surface area (Å²) in [6.45, 7) is 0.180. The van der Waals surface area contributed by atoms with E-state index in [0.29, 0.717) is 22.8 Å². The standard InChI is InChI=1S/C14H12N2O3.2ClH/c15-13(10-3-1-2-6-16-10)14(17)9-4-5-11-12(7-9)19-8-18-11;;/h1-7,13H,8,15H2;2*1H. The number of ketones is 1. The van der Waals surface area contributed by atoms with Gasteiger partial charge in [-0.15, -0.1) is 24.8 Å². The van der Waals surface area contributed by atoms with Gasteiger partial charge in [0.1, 0.15) is 6.04 Å². The zero-order valence-electron chi connectivity index (χ0n) is 10.9. The van der Waals surface area contributed by atoms with Gasteiger partial charge in [-0.3, -0.25) is 9.78 Å². The molecule has 0 amide bonds. The topological polar surface area (TPSA) is 74.4 Å². The first-order valence-corrected chi connectivity index (χ1v) is 5.86. The molecule has 2 N–H and O–H groups in total. The average molecular weight is 329 g/mol. The van der Waals surface area contributed by atoms with Crippen molar-refractivity contribution in [3.05, 3.63) is 53.9 Å². The lowest BCUT2D eigenvalue weighted by atomic mass is 10.0. The number of rotatable bonds is 3. The molecule has 1 aromatic heterocycles. The summed E-state index contributed by atoms with van der Waals surface area (Å²) in [6, 6.07) is 9.57. The second-order valence-corrected chi connectivity index (χ2v) is 4.16. The molecule has 0 aliphatic carbocycles. The molecule has 7 heteroatoms. The molecule has 2 aromatic rings. The van der Waals surface area contributed by atoms with Gasteiger partial charge in [-0.05, 0) is 30.3 Å². The van der Waals surface area contributed by atoms with Crippen molar-refractivity contribution in [2.75, 3.05) is 6.79 Å². The zero-order chi connectivity index (χ0) is 13.2. The lowest BCUT2D eigenvalue weighted by Gasteiger charge is -2.10. The molecule has 21 heavy (non-hydrogen) atoms. The number of pyridine rings is 1. The fourth-order valence-electron chi connectivity index (χ4n) is 1.92. The molecule has 1 aromatic carbocycles. The molecule has 0 saturated heterocycles. The Bertz CT molecular complexity index is 623. The van der Waals surface area contributed by atoms with Crippen LogP contribution in [0.15, 0.2) is 42.6 Å². The van der Waals surface area contributed by atoms with Crippen molar-refractivity contribution in [2.24, 2.45) is 5.73 Å². The molecule has 3 rings (SSSR count). The van der Waals surface area contributed by atoms with Gasteiger partial charge in [0, 0.05) is 11.8 Å². The number of carbonyl (C=O) groups excluding carboxylic acids is 1. The highest BCUT2D eigenvalue weighted by molar-refractivity contribution is 6.00. The van der Waals surface area contributed by atoms with Crippen LogP contribution in [-0.4, -0.2) is 17.6 Å². The Hall–Kier alpha value is -1.82. The van der Waals surface area contributed by atoms with E-state index < -0.39 is 6.04 Å². The molecule has 0 fully saturated rings. The van der Waals surface area contributed by atoms with Crippen LogP contribution in [0.25, 0.3) is 0 Å². The van der Waals surface area contributed by atoms with Crippen LogP contribution in [0.4, 0.5) is 0 Å². The molecule has 5 nitrogen and oxygen atoms in total. The molecule has 1 aliphatic rings. The smallest absolute Gasteiger partial charge is 0.231 e. The van der Waals surface area contributed by atoms with E-state index in [1.54, 1.807) is 42.6 Å². The maximum Gasteiger partial charge on any atom is 0.231 e. The quantitative estimate of drug-likeness (QED) is 0.876. The Kier molecular flexibility index (Phi) is 5.96. The normalized spacial score (nSPS) is 12.8. The molecule has 1 unspecified atom stereocenters. The Morgan fingerprint density at radius 3 is 2.62 bits per heavy atom. The molecular weight excluding hydrogens is 315 g/mol. The van der Waals surface area contributed by atoms with E-state index in [0.717, 1.165) is 0 Å². The predicted octanol–water partition coefficient (Wildman–Crippen LogP) is 2.54. The Morgan fingerprint density at radius 2 is 1.90 bits per heavy atom. The number of Topliss-reactive ketones (excluding diaryl/α,β-unsaturated/α-hetero) is 1. The highest BCUT2D eigenvalue weighted by Gasteiger charge is 2.21. The summed E-state index contributed by atoms with van der Waals surface area (Å²) in [5.74, 6) is 1.01. The van der Waals surface area contributed by atoms with Crippen molar-refractivity contribution < 1.29 is 14.3 Å². The van der Waals surface area contributed by atoms with Crippen LogP contribution < -0.4 is 15.2 Å². The fraction of sp³-hybridized carbons (Fsp3) is 0.143.